The van der Waals surface area contributed by atoms with Crippen LogP contribution < -0.4 is 10.2 Å². The molecule has 1 atom stereocenters. The molecule has 2 rings (SSSR count). The highest BCUT2D eigenvalue weighted by Gasteiger charge is 2.25. The van der Waals surface area contributed by atoms with Crippen LogP contribution in [0.1, 0.15) is 6.92 Å². The highest BCUT2D eigenvalue weighted by Crippen LogP contribution is 2.27. The van der Waals surface area contributed by atoms with Crippen molar-refractivity contribution in [3.05, 3.63) is 36.9 Å². The van der Waals surface area contributed by atoms with Gasteiger partial charge in [0.2, 0.25) is 5.91 Å². The Bertz CT molecular complexity index is 496. The van der Waals surface area contributed by atoms with Crippen LogP contribution in [0.15, 0.2) is 36.9 Å². The molecule has 1 heterocycles. The summed E-state index contributed by atoms with van der Waals surface area (Å²) in [5, 5.41) is 12.7. The highest BCUT2D eigenvalue weighted by atomic mass is 16.3. The van der Waals surface area contributed by atoms with Gasteiger partial charge in [-0.1, -0.05) is 18.2 Å². The molecule has 0 saturated carbocycles. The van der Waals surface area contributed by atoms with Crippen LogP contribution in [0.3, 0.4) is 0 Å². The molecule has 114 valence electrons. The molecular formula is C16H23N3O2. The van der Waals surface area contributed by atoms with Crippen LogP contribution in [-0.4, -0.2) is 54.7 Å². The molecule has 2 N–H and O–H groups in total. The number of para-hydroxylation sites is 2. The van der Waals surface area contributed by atoms with Crippen molar-refractivity contribution in [1.29, 1.82) is 0 Å². The topological polar surface area (TPSA) is 55.8 Å². The molecule has 1 fully saturated rings. The zero-order chi connectivity index (χ0) is 15.2. The van der Waals surface area contributed by atoms with Gasteiger partial charge in [-0.3, -0.25) is 9.69 Å². The Morgan fingerprint density at radius 1 is 1.38 bits per heavy atom. The van der Waals surface area contributed by atoms with Crippen molar-refractivity contribution in [1.82, 2.24) is 10.2 Å². The number of hydrogen-bond acceptors (Lipinski definition) is 4. The third kappa shape index (κ3) is 3.76. The number of hydrogen-bond donors (Lipinski definition) is 2. The number of phenolic OH excluding ortho intramolecular Hbond substituents is 1. The van der Waals surface area contributed by atoms with Crippen molar-refractivity contribution in [2.24, 2.45) is 0 Å². The quantitative estimate of drug-likeness (QED) is 0.800. The largest absolute Gasteiger partial charge is 0.506 e. The zero-order valence-corrected chi connectivity index (χ0v) is 12.5. The number of benzene rings is 1. The van der Waals surface area contributed by atoms with E-state index >= 15 is 0 Å². The Morgan fingerprint density at radius 2 is 2.05 bits per heavy atom. The van der Waals surface area contributed by atoms with E-state index in [1.54, 1.807) is 12.1 Å². The summed E-state index contributed by atoms with van der Waals surface area (Å²) in [6, 6.07) is 7.23. The minimum Gasteiger partial charge on any atom is -0.506 e. The summed E-state index contributed by atoms with van der Waals surface area (Å²) in [4.78, 5) is 16.3. The van der Waals surface area contributed by atoms with Gasteiger partial charge in [0, 0.05) is 32.7 Å². The van der Waals surface area contributed by atoms with E-state index in [0.29, 0.717) is 12.3 Å². The van der Waals surface area contributed by atoms with Gasteiger partial charge in [0.25, 0.3) is 0 Å². The lowest BCUT2D eigenvalue weighted by Crippen LogP contribution is -2.54. The first kappa shape index (κ1) is 15.4. The molecule has 1 saturated heterocycles. The molecule has 0 aromatic heterocycles. The van der Waals surface area contributed by atoms with E-state index in [1.165, 1.54) is 0 Å². The number of nitrogens with one attached hydrogen (secondary N) is 1. The Morgan fingerprint density at radius 3 is 2.67 bits per heavy atom. The van der Waals surface area contributed by atoms with Crippen LogP contribution >= 0.6 is 0 Å². The molecule has 1 aliphatic heterocycles. The lowest BCUT2D eigenvalue weighted by molar-refractivity contribution is -0.125. The summed E-state index contributed by atoms with van der Waals surface area (Å²) in [5.41, 5.74) is 0.862. The Balaban J connectivity index is 1.90. The average molecular weight is 289 g/mol. The van der Waals surface area contributed by atoms with E-state index in [1.807, 2.05) is 25.1 Å². The number of rotatable bonds is 5. The summed E-state index contributed by atoms with van der Waals surface area (Å²) in [5.74, 6) is 0.341. The Kier molecular flexibility index (Phi) is 5.22. The van der Waals surface area contributed by atoms with Crippen LogP contribution in [0.4, 0.5) is 5.69 Å². The van der Waals surface area contributed by atoms with Crippen molar-refractivity contribution in [2.75, 3.05) is 37.6 Å². The van der Waals surface area contributed by atoms with E-state index < -0.39 is 0 Å². The molecule has 1 aromatic carbocycles. The van der Waals surface area contributed by atoms with Crippen LogP contribution in [0.2, 0.25) is 0 Å². The molecule has 5 heteroatoms. The second-order valence-electron chi connectivity index (χ2n) is 5.22. The van der Waals surface area contributed by atoms with E-state index in [0.717, 1.165) is 31.9 Å². The molecule has 1 amide bonds. The number of nitrogens with zero attached hydrogens (tertiary/aromatic N) is 2. The molecule has 0 aliphatic carbocycles. The van der Waals surface area contributed by atoms with Gasteiger partial charge in [0.05, 0.1) is 11.7 Å². The molecule has 5 nitrogen and oxygen atoms in total. The minimum atomic E-state index is -0.142. The molecule has 0 bridgehead atoms. The predicted molar refractivity (Wildman–Crippen MR) is 84.6 cm³/mol. The summed E-state index contributed by atoms with van der Waals surface area (Å²) in [7, 11) is 0. The first-order chi connectivity index (χ1) is 10.1. The molecule has 1 aromatic rings. The van der Waals surface area contributed by atoms with Crippen LogP contribution in [0, 0.1) is 0 Å². The predicted octanol–water partition coefficient (Wildman–Crippen LogP) is 1.20. The summed E-state index contributed by atoms with van der Waals surface area (Å²) in [6.07, 6.45) is 1.68. The fourth-order valence-electron chi connectivity index (χ4n) is 2.57. The van der Waals surface area contributed by atoms with Crippen molar-refractivity contribution < 1.29 is 9.90 Å². The monoisotopic (exact) mass is 289 g/mol. The third-order valence-electron chi connectivity index (χ3n) is 3.88. The average Bonchev–Trinajstić information content (AvgIpc) is 2.52. The summed E-state index contributed by atoms with van der Waals surface area (Å²) >= 11 is 0. The van der Waals surface area contributed by atoms with Crippen molar-refractivity contribution in [3.63, 3.8) is 0 Å². The molecule has 21 heavy (non-hydrogen) atoms. The number of aromatic hydroxyl groups is 1. The van der Waals surface area contributed by atoms with Crippen molar-refractivity contribution in [3.8, 4) is 5.75 Å². The van der Waals surface area contributed by atoms with Gasteiger partial charge in [-0.2, -0.15) is 0 Å². The van der Waals surface area contributed by atoms with Gasteiger partial charge in [-0.15, -0.1) is 6.58 Å². The lowest BCUT2D eigenvalue weighted by atomic mass is 10.2. The van der Waals surface area contributed by atoms with Gasteiger partial charge < -0.3 is 15.3 Å². The fraction of sp³-hybridized carbons (Fsp3) is 0.438. The maximum atomic E-state index is 12.0. The highest BCUT2D eigenvalue weighted by molar-refractivity contribution is 5.81. The second-order valence-corrected chi connectivity index (χ2v) is 5.22. The van der Waals surface area contributed by atoms with Gasteiger partial charge in [0.1, 0.15) is 5.75 Å². The van der Waals surface area contributed by atoms with Crippen molar-refractivity contribution >= 4 is 11.6 Å². The normalized spacial score (nSPS) is 17.3. The molecule has 0 unspecified atom stereocenters. The molecule has 0 radical (unpaired) electrons. The fourth-order valence-corrected chi connectivity index (χ4v) is 2.57. The smallest absolute Gasteiger partial charge is 0.237 e. The second kappa shape index (κ2) is 7.13. The van der Waals surface area contributed by atoms with Crippen LogP contribution in [-0.2, 0) is 4.79 Å². The number of phenols is 1. The summed E-state index contributed by atoms with van der Waals surface area (Å²) in [6.45, 7) is 9.23. The standard InChI is InChI=1S/C16H23N3O2/c1-3-8-17-16(21)13(2)18-9-11-19(12-10-18)14-6-4-5-7-15(14)20/h3-7,13,20H,1,8-12H2,2H3,(H,17,21)/t13-/m0/s1. The number of carbonyl (C=O) groups excluding carboxylic acids is 1. The number of carbonyl (C=O) groups is 1. The van der Waals surface area contributed by atoms with Crippen LogP contribution in [0.5, 0.6) is 5.75 Å². The summed E-state index contributed by atoms with van der Waals surface area (Å²) < 4.78 is 0. The van der Waals surface area contributed by atoms with Crippen LogP contribution in [0.25, 0.3) is 0 Å². The third-order valence-corrected chi connectivity index (χ3v) is 3.88. The van der Waals surface area contributed by atoms with Gasteiger partial charge in [-0.05, 0) is 19.1 Å². The number of amides is 1. The maximum Gasteiger partial charge on any atom is 0.237 e. The minimum absolute atomic E-state index is 0.0332. The lowest BCUT2D eigenvalue weighted by Gasteiger charge is -2.38. The van der Waals surface area contributed by atoms with Crippen molar-refractivity contribution in [2.45, 2.75) is 13.0 Å². The van der Waals surface area contributed by atoms with Gasteiger partial charge in [-0.25, -0.2) is 0 Å². The zero-order valence-electron chi connectivity index (χ0n) is 12.5. The van der Waals surface area contributed by atoms with E-state index in [2.05, 4.69) is 21.7 Å². The Labute approximate surface area is 125 Å². The first-order valence-electron chi connectivity index (χ1n) is 7.29. The van der Waals surface area contributed by atoms with Gasteiger partial charge in [0.15, 0.2) is 0 Å². The van der Waals surface area contributed by atoms with Gasteiger partial charge >= 0.3 is 0 Å². The maximum absolute atomic E-state index is 12.0. The molecular weight excluding hydrogens is 266 g/mol. The van der Waals surface area contributed by atoms with E-state index in [-0.39, 0.29) is 11.9 Å². The Hall–Kier alpha value is -2.01. The number of piperazine rings is 1. The first-order valence-corrected chi connectivity index (χ1v) is 7.29. The van der Waals surface area contributed by atoms with E-state index in [9.17, 15) is 9.90 Å². The SMILES string of the molecule is C=CCNC(=O)[C@H](C)N1CCN(c2ccccc2O)CC1. The molecule has 1 aliphatic rings. The number of anilines is 1. The van der Waals surface area contributed by atoms with E-state index in [4.69, 9.17) is 0 Å². The molecule has 0 spiro atoms.